The average molecular weight is 344 g/mol. The molecule has 3 amide bonds. The van der Waals surface area contributed by atoms with Crippen LogP contribution in [0.5, 0.6) is 5.75 Å². The topological polar surface area (TPSA) is 79.5 Å². The van der Waals surface area contributed by atoms with E-state index < -0.39 is 6.03 Å². The Bertz CT molecular complexity index is 468. The number of urea groups is 1. The number of amides is 3. The molecule has 3 N–H and O–H groups in total. The van der Waals surface area contributed by atoms with Crippen molar-refractivity contribution in [2.24, 2.45) is 0 Å². The Morgan fingerprint density at radius 2 is 2.00 bits per heavy atom. The van der Waals surface area contributed by atoms with E-state index in [9.17, 15) is 9.59 Å². The van der Waals surface area contributed by atoms with Crippen LogP contribution in [0.3, 0.4) is 0 Å². The first kappa shape index (κ1) is 16.3. The average Bonchev–Trinajstić information content (AvgIpc) is 2.45. The lowest BCUT2D eigenvalue weighted by atomic mass is 10.3. The van der Waals surface area contributed by atoms with Gasteiger partial charge in [-0.05, 0) is 35.0 Å². The fraction of sp³-hybridized carbons (Fsp3) is 0.385. The van der Waals surface area contributed by atoms with Crippen LogP contribution in [0.15, 0.2) is 28.7 Å². The van der Waals surface area contributed by atoms with E-state index in [4.69, 9.17) is 4.74 Å². The first-order valence-corrected chi connectivity index (χ1v) is 6.95. The number of carbonyl (C=O) groups excluding carboxylic acids is 2. The predicted molar refractivity (Wildman–Crippen MR) is 79.7 cm³/mol. The number of hydrogen-bond acceptors (Lipinski definition) is 3. The normalized spacial score (nSPS) is 11.3. The Balaban J connectivity index is 2.29. The summed E-state index contributed by atoms with van der Waals surface area (Å²) in [4.78, 5) is 22.4. The highest BCUT2D eigenvalue weighted by atomic mass is 79.9. The number of carbonyl (C=O) groups is 2. The van der Waals surface area contributed by atoms with Gasteiger partial charge in [0.1, 0.15) is 11.9 Å². The summed E-state index contributed by atoms with van der Waals surface area (Å²) in [5.74, 6) is 0.453. The van der Waals surface area contributed by atoms with Crippen LogP contribution < -0.4 is 20.7 Å². The molecule has 1 atom stereocenters. The van der Waals surface area contributed by atoms with Crippen LogP contribution in [0, 0.1) is 0 Å². The van der Waals surface area contributed by atoms with Crippen molar-refractivity contribution in [1.29, 1.82) is 0 Å². The Kier molecular flexibility index (Phi) is 6.86. The second-order valence-electron chi connectivity index (χ2n) is 4.10. The van der Waals surface area contributed by atoms with Crippen molar-refractivity contribution in [3.05, 3.63) is 28.7 Å². The SMILES string of the molecule is CNC(=O)NCC(=O)NC[C@H](C)Oc1ccccc1Br. The zero-order valence-electron chi connectivity index (χ0n) is 11.4. The fourth-order valence-corrected chi connectivity index (χ4v) is 1.75. The van der Waals surface area contributed by atoms with Gasteiger partial charge in [0, 0.05) is 7.05 Å². The number of halogens is 1. The summed E-state index contributed by atoms with van der Waals surface area (Å²) in [6.45, 7) is 2.14. The van der Waals surface area contributed by atoms with Gasteiger partial charge < -0.3 is 20.7 Å². The highest BCUT2D eigenvalue weighted by Gasteiger charge is 2.09. The predicted octanol–water partition coefficient (Wildman–Crippen LogP) is 1.26. The molecule has 6 nitrogen and oxygen atoms in total. The van der Waals surface area contributed by atoms with Crippen LogP contribution in [-0.4, -0.2) is 38.2 Å². The van der Waals surface area contributed by atoms with E-state index in [0.717, 1.165) is 10.2 Å². The molecular weight excluding hydrogens is 326 g/mol. The second-order valence-corrected chi connectivity index (χ2v) is 4.95. The van der Waals surface area contributed by atoms with Gasteiger partial charge in [0.15, 0.2) is 0 Å². The van der Waals surface area contributed by atoms with Gasteiger partial charge in [0.05, 0.1) is 17.6 Å². The molecule has 0 aliphatic carbocycles. The van der Waals surface area contributed by atoms with Crippen molar-refractivity contribution in [2.45, 2.75) is 13.0 Å². The molecule has 1 aromatic rings. The van der Waals surface area contributed by atoms with Gasteiger partial charge in [-0.25, -0.2) is 4.79 Å². The molecule has 20 heavy (non-hydrogen) atoms. The molecule has 0 aromatic heterocycles. The van der Waals surface area contributed by atoms with Gasteiger partial charge in [-0.1, -0.05) is 12.1 Å². The van der Waals surface area contributed by atoms with Gasteiger partial charge in [-0.3, -0.25) is 4.79 Å². The first-order chi connectivity index (χ1) is 9.52. The second kappa shape index (κ2) is 8.42. The van der Waals surface area contributed by atoms with Crippen LogP contribution in [0.25, 0.3) is 0 Å². The van der Waals surface area contributed by atoms with Crippen molar-refractivity contribution in [3.8, 4) is 5.75 Å². The van der Waals surface area contributed by atoms with Crippen molar-refractivity contribution < 1.29 is 14.3 Å². The Morgan fingerprint density at radius 1 is 1.30 bits per heavy atom. The zero-order chi connectivity index (χ0) is 15.0. The minimum atomic E-state index is -0.391. The maximum absolute atomic E-state index is 11.5. The van der Waals surface area contributed by atoms with Crippen molar-refractivity contribution in [1.82, 2.24) is 16.0 Å². The molecule has 0 heterocycles. The third-order valence-corrected chi connectivity index (χ3v) is 3.04. The van der Waals surface area contributed by atoms with Crippen molar-refractivity contribution in [3.63, 3.8) is 0 Å². The van der Waals surface area contributed by atoms with Gasteiger partial charge in [-0.15, -0.1) is 0 Å². The lowest BCUT2D eigenvalue weighted by molar-refractivity contribution is -0.120. The number of rotatable bonds is 6. The molecule has 0 saturated carbocycles. The minimum absolute atomic E-state index is 0.0680. The molecule has 110 valence electrons. The van der Waals surface area contributed by atoms with Crippen LogP contribution >= 0.6 is 15.9 Å². The summed E-state index contributed by atoms with van der Waals surface area (Å²) in [6, 6.07) is 7.10. The number of ether oxygens (including phenoxy) is 1. The third-order valence-electron chi connectivity index (χ3n) is 2.39. The third kappa shape index (κ3) is 5.92. The lowest BCUT2D eigenvalue weighted by Crippen LogP contribution is -2.43. The number of para-hydroxylation sites is 1. The molecule has 0 aliphatic rings. The molecule has 0 spiro atoms. The fourth-order valence-electron chi connectivity index (χ4n) is 1.37. The van der Waals surface area contributed by atoms with Crippen LogP contribution in [0.2, 0.25) is 0 Å². The standard InChI is InChI=1S/C13H18BrN3O3/c1-9(20-11-6-4-3-5-10(11)14)7-16-12(18)8-17-13(19)15-2/h3-6,9H,7-8H2,1-2H3,(H,16,18)(H2,15,17,19)/t9-/m0/s1. The van der Waals surface area contributed by atoms with Gasteiger partial charge in [0.25, 0.3) is 0 Å². The molecule has 0 aliphatic heterocycles. The first-order valence-electron chi connectivity index (χ1n) is 6.16. The Morgan fingerprint density at radius 3 is 2.65 bits per heavy atom. The van der Waals surface area contributed by atoms with Crippen molar-refractivity contribution in [2.75, 3.05) is 20.1 Å². The molecule has 1 rings (SSSR count). The van der Waals surface area contributed by atoms with Crippen LogP contribution in [0.1, 0.15) is 6.92 Å². The highest BCUT2D eigenvalue weighted by Crippen LogP contribution is 2.24. The summed E-state index contributed by atoms with van der Waals surface area (Å²) in [5.41, 5.74) is 0. The number of nitrogens with one attached hydrogen (secondary N) is 3. The maximum atomic E-state index is 11.5. The Labute approximate surface area is 126 Å². The zero-order valence-corrected chi connectivity index (χ0v) is 13.0. The molecule has 0 unspecified atom stereocenters. The highest BCUT2D eigenvalue weighted by molar-refractivity contribution is 9.10. The van der Waals surface area contributed by atoms with E-state index in [0.29, 0.717) is 6.54 Å². The molecule has 1 aromatic carbocycles. The van der Waals surface area contributed by atoms with Gasteiger partial charge in [-0.2, -0.15) is 0 Å². The summed E-state index contributed by atoms with van der Waals surface area (Å²) >= 11 is 3.39. The minimum Gasteiger partial charge on any atom is -0.488 e. The van der Waals surface area contributed by atoms with E-state index in [-0.39, 0.29) is 18.6 Å². The molecule has 0 bridgehead atoms. The van der Waals surface area contributed by atoms with E-state index in [1.54, 1.807) is 0 Å². The smallest absolute Gasteiger partial charge is 0.314 e. The van der Waals surface area contributed by atoms with Crippen LogP contribution in [0.4, 0.5) is 4.79 Å². The number of hydrogen-bond donors (Lipinski definition) is 3. The molecule has 0 fully saturated rings. The van der Waals surface area contributed by atoms with Crippen LogP contribution in [-0.2, 0) is 4.79 Å². The Hall–Kier alpha value is -1.76. The molecule has 0 saturated heterocycles. The summed E-state index contributed by atoms with van der Waals surface area (Å²) < 4.78 is 6.54. The van der Waals surface area contributed by atoms with E-state index in [2.05, 4.69) is 31.9 Å². The summed E-state index contributed by atoms with van der Waals surface area (Å²) in [5, 5.41) is 7.45. The number of benzene rings is 1. The maximum Gasteiger partial charge on any atom is 0.314 e. The van der Waals surface area contributed by atoms with E-state index >= 15 is 0 Å². The van der Waals surface area contributed by atoms with Gasteiger partial charge in [0.2, 0.25) is 5.91 Å². The quantitative estimate of drug-likeness (QED) is 0.727. The summed E-state index contributed by atoms with van der Waals surface area (Å²) in [7, 11) is 1.49. The summed E-state index contributed by atoms with van der Waals surface area (Å²) in [6.07, 6.45) is -0.183. The molecule has 7 heteroatoms. The monoisotopic (exact) mass is 343 g/mol. The lowest BCUT2D eigenvalue weighted by Gasteiger charge is -2.16. The van der Waals surface area contributed by atoms with E-state index in [1.807, 2.05) is 31.2 Å². The molecule has 0 radical (unpaired) electrons. The largest absolute Gasteiger partial charge is 0.488 e. The van der Waals surface area contributed by atoms with Crippen molar-refractivity contribution >= 4 is 27.9 Å². The molecular formula is C13H18BrN3O3. The van der Waals surface area contributed by atoms with Gasteiger partial charge >= 0.3 is 6.03 Å². The van der Waals surface area contributed by atoms with E-state index in [1.165, 1.54) is 7.05 Å².